The molecular weight excluding hydrogens is 136 g/mol. The van der Waals surface area contributed by atoms with Crippen LogP contribution < -0.4 is 0 Å². The Hall–Kier alpha value is -0.980. The largest absolute Gasteiger partial charge is 0.497 e. The van der Waals surface area contributed by atoms with Crippen molar-refractivity contribution in [1.82, 2.24) is 0 Å². The molecule has 0 spiro atoms. The summed E-state index contributed by atoms with van der Waals surface area (Å²) in [4.78, 5) is 0. The van der Waals surface area contributed by atoms with Gasteiger partial charge in [0.25, 0.3) is 0 Å². The Morgan fingerprint density at radius 2 is 2.09 bits per heavy atom. The number of hydrogen-bond donors (Lipinski definition) is 0. The van der Waals surface area contributed by atoms with Crippen molar-refractivity contribution < 1.29 is 4.74 Å². The maximum absolute atomic E-state index is 5.02. The van der Waals surface area contributed by atoms with Gasteiger partial charge in [-0.05, 0) is 25.5 Å². The van der Waals surface area contributed by atoms with Gasteiger partial charge in [-0.3, -0.25) is 0 Å². The van der Waals surface area contributed by atoms with Crippen molar-refractivity contribution in [2.24, 2.45) is 0 Å². The molecule has 0 aliphatic carbocycles. The van der Waals surface area contributed by atoms with Gasteiger partial charge in [-0.25, -0.2) is 0 Å². The lowest BCUT2D eigenvalue weighted by Gasteiger charge is -1.95. The van der Waals surface area contributed by atoms with Crippen LogP contribution in [0.2, 0.25) is 0 Å². The lowest BCUT2D eigenvalue weighted by atomic mass is 10.3. The Labute approximate surface area is 69.1 Å². The normalized spacial score (nSPS) is 13.2. The Morgan fingerprint density at radius 1 is 1.36 bits per heavy atom. The van der Waals surface area contributed by atoms with E-state index in [2.05, 4.69) is 13.0 Å². The van der Waals surface area contributed by atoms with Crippen LogP contribution in [0.15, 0.2) is 36.1 Å². The van der Waals surface area contributed by atoms with Gasteiger partial charge in [-0.15, -0.1) is 0 Å². The molecule has 62 valence electrons. The molecule has 0 aliphatic rings. The number of allylic oxidation sites excluding steroid dienone is 5. The fourth-order valence-corrected chi connectivity index (χ4v) is 0.647. The van der Waals surface area contributed by atoms with Crippen molar-refractivity contribution >= 4 is 0 Å². The zero-order chi connectivity index (χ0) is 8.53. The maximum atomic E-state index is 5.02. The van der Waals surface area contributed by atoms with Crippen molar-refractivity contribution in [3.05, 3.63) is 36.1 Å². The topological polar surface area (TPSA) is 9.23 Å². The van der Waals surface area contributed by atoms with Gasteiger partial charge in [0.1, 0.15) is 5.76 Å². The fraction of sp³-hybridized carbons (Fsp3) is 0.400. The van der Waals surface area contributed by atoms with E-state index in [9.17, 15) is 0 Å². The van der Waals surface area contributed by atoms with E-state index >= 15 is 0 Å². The smallest absolute Gasteiger partial charge is 0.114 e. The van der Waals surface area contributed by atoms with Crippen LogP contribution in [-0.4, -0.2) is 7.11 Å². The lowest BCUT2D eigenvalue weighted by Crippen LogP contribution is -1.78. The molecule has 0 saturated heterocycles. The van der Waals surface area contributed by atoms with Gasteiger partial charge >= 0.3 is 0 Å². The summed E-state index contributed by atoms with van der Waals surface area (Å²) in [6, 6.07) is 0. The second kappa shape index (κ2) is 7.13. The summed E-state index contributed by atoms with van der Waals surface area (Å²) in [5.41, 5.74) is 0. The van der Waals surface area contributed by atoms with Crippen LogP contribution in [0, 0.1) is 0 Å². The molecule has 0 aromatic rings. The third-order valence-corrected chi connectivity index (χ3v) is 1.26. The van der Waals surface area contributed by atoms with Crippen molar-refractivity contribution in [2.75, 3.05) is 7.11 Å². The van der Waals surface area contributed by atoms with E-state index in [0.717, 1.165) is 12.2 Å². The minimum Gasteiger partial charge on any atom is -0.497 e. The van der Waals surface area contributed by atoms with Gasteiger partial charge in [-0.2, -0.15) is 0 Å². The SMILES string of the molecule is C\C=C(/C=C\C=C/CC)OC. The summed E-state index contributed by atoms with van der Waals surface area (Å²) in [5, 5.41) is 0. The van der Waals surface area contributed by atoms with Crippen LogP contribution >= 0.6 is 0 Å². The number of rotatable bonds is 4. The Morgan fingerprint density at radius 3 is 2.55 bits per heavy atom. The van der Waals surface area contributed by atoms with Crippen LogP contribution in [-0.2, 0) is 4.74 Å². The Bertz CT molecular complexity index is 164. The molecule has 0 aromatic heterocycles. The summed E-state index contributed by atoms with van der Waals surface area (Å²) < 4.78 is 5.02. The third-order valence-electron chi connectivity index (χ3n) is 1.26. The quantitative estimate of drug-likeness (QED) is 0.444. The van der Waals surface area contributed by atoms with E-state index in [1.54, 1.807) is 7.11 Å². The van der Waals surface area contributed by atoms with Gasteiger partial charge in [0.15, 0.2) is 0 Å². The standard InChI is InChI=1S/C10H16O/c1-4-6-7-8-9-10(5-2)11-3/h5-9H,4H2,1-3H3/b7-6-,9-8-,10-5+. The second-order valence-electron chi connectivity index (χ2n) is 2.09. The average Bonchev–Trinajstić information content (AvgIpc) is 2.05. The van der Waals surface area contributed by atoms with E-state index in [1.165, 1.54) is 0 Å². The second-order valence-corrected chi connectivity index (χ2v) is 2.09. The van der Waals surface area contributed by atoms with E-state index in [4.69, 9.17) is 4.74 Å². The van der Waals surface area contributed by atoms with Gasteiger partial charge < -0.3 is 4.74 Å². The number of ether oxygens (including phenoxy) is 1. The third kappa shape index (κ3) is 5.46. The molecule has 11 heavy (non-hydrogen) atoms. The highest BCUT2D eigenvalue weighted by atomic mass is 16.5. The summed E-state index contributed by atoms with van der Waals surface area (Å²) in [6.07, 6.45) is 11.0. The highest BCUT2D eigenvalue weighted by Crippen LogP contribution is 1.96. The van der Waals surface area contributed by atoms with Crippen molar-refractivity contribution in [2.45, 2.75) is 20.3 Å². The summed E-state index contributed by atoms with van der Waals surface area (Å²) >= 11 is 0. The zero-order valence-electron chi connectivity index (χ0n) is 7.50. The first-order chi connectivity index (χ1) is 5.35. The minimum atomic E-state index is 0.894. The van der Waals surface area contributed by atoms with E-state index < -0.39 is 0 Å². The minimum absolute atomic E-state index is 0.894. The van der Waals surface area contributed by atoms with Crippen molar-refractivity contribution in [1.29, 1.82) is 0 Å². The van der Waals surface area contributed by atoms with E-state index in [1.807, 2.05) is 31.2 Å². The van der Waals surface area contributed by atoms with Gasteiger partial charge in [0.2, 0.25) is 0 Å². The fourth-order valence-electron chi connectivity index (χ4n) is 0.647. The van der Waals surface area contributed by atoms with Crippen LogP contribution in [0.1, 0.15) is 20.3 Å². The molecule has 0 bridgehead atoms. The first-order valence-electron chi connectivity index (χ1n) is 3.88. The molecule has 0 aromatic carbocycles. The lowest BCUT2D eigenvalue weighted by molar-refractivity contribution is 0.306. The number of hydrogen-bond acceptors (Lipinski definition) is 1. The first-order valence-corrected chi connectivity index (χ1v) is 3.88. The average molecular weight is 152 g/mol. The Balaban J connectivity index is 3.81. The molecular formula is C10H16O. The van der Waals surface area contributed by atoms with Crippen LogP contribution in [0.3, 0.4) is 0 Å². The van der Waals surface area contributed by atoms with E-state index in [-0.39, 0.29) is 0 Å². The zero-order valence-corrected chi connectivity index (χ0v) is 7.50. The maximum Gasteiger partial charge on any atom is 0.114 e. The predicted octanol–water partition coefficient (Wildman–Crippen LogP) is 3.06. The Kier molecular flexibility index (Phi) is 6.50. The molecule has 0 radical (unpaired) electrons. The monoisotopic (exact) mass is 152 g/mol. The summed E-state index contributed by atoms with van der Waals surface area (Å²) in [7, 11) is 1.67. The van der Waals surface area contributed by atoms with Crippen LogP contribution in [0.4, 0.5) is 0 Å². The summed E-state index contributed by atoms with van der Waals surface area (Å²) in [5.74, 6) is 0.894. The molecule has 0 aliphatic heterocycles. The molecule has 1 heteroatoms. The molecule has 0 unspecified atom stereocenters. The van der Waals surface area contributed by atoms with Gasteiger partial charge in [-0.1, -0.05) is 25.2 Å². The molecule has 0 N–H and O–H groups in total. The van der Waals surface area contributed by atoms with Crippen molar-refractivity contribution in [3.63, 3.8) is 0 Å². The number of methoxy groups -OCH3 is 1. The van der Waals surface area contributed by atoms with Gasteiger partial charge in [0, 0.05) is 0 Å². The van der Waals surface area contributed by atoms with Crippen molar-refractivity contribution in [3.8, 4) is 0 Å². The molecule has 0 amide bonds. The molecule has 0 fully saturated rings. The molecule has 0 saturated carbocycles. The molecule has 0 rings (SSSR count). The molecule has 0 heterocycles. The van der Waals surface area contributed by atoms with Crippen LogP contribution in [0.25, 0.3) is 0 Å². The van der Waals surface area contributed by atoms with Crippen LogP contribution in [0.5, 0.6) is 0 Å². The molecule has 1 nitrogen and oxygen atoms in total. The first kappa shape index (κ1) is 10.0. The summed E-state index contributed by atoms with van der Waals surface area (Å²) in [6.45, 7) is 4.06. The van der Waals surface area contributed by atoms with Gasteiger partial charge in [0.05, 0.1) is 7.11 Å². The highest BCUT2D eigenvalue weighted by molar-refractivity contribution is 5.16. The van der Waals surface area contributed by atoms with E-state index in [0.29, 0.717) is 0 Å². The predicted molar refractivity (Wildman–Crippen MR) is 49.3 cm³/mol. The molecule has 0 atom stereocenters. The highest BCUT2D eigenvalue weighted by Gasteiger charge is 1.81.